The van der Waals surface area contributed by atoms with Crippen LogP contribution >= 0.6 is 11.6 Å². The van der Waals surface area contributed by atoms with Gasteiger partial charge in [-0.1, -0.05) is 27.2 Å². The van der Waals surface area contributed by atoms with Crippen molar-refractivity contribution in [2.75, 3.05) is 11.9 Å². The molecule has 1 N–H and O–H groups in total. The lowest BCUT2D eigenvalue weighted by molar-refractivity contribution is 0.606. The first-order valence-corrected chi connectivity index (χ1v) is 6.27. The summed E-state index contributed by atoms with van der Waals surface area (Å²) in [6, 6.07) is 1.98. The number of nitrogens with zero attached hydrogens (tertiary/aromatic N) is 2. The predicted octanol–water partition coefficient (Wildman–Crippen LogP) is 3.54. The maximum atomic E-state index is 5.86. The fraction of sp³-hybridized carbons (Fsp3) is 0.667. The summed E-state index contributed by atoms with van der Waals surface area (Å²) < 4.78 is 0. The molecular formula is C12H20ClN3. The van der Waals surface area contributed by atoms with Crippen molar-refractivity contribution in [1.29, 1.82) is 0 Å². The highest BCUT2D eigenvalue weighted by atomic mass is 35.5. The molecule has 0 spiro atoms. The number of aromatic nitrogens is 2. The van der Waals surface area contributed by atoms with Crippen molar-refractivity contribution >= 4 is 17.4 Å². The minimum atomic E-state index is 0.331. The van der Waals surface area contributed by atoms with Gasteiger partial charge in [0.1, 0.15) is 5.82 Å². The van der Waals surface area contributed by atoms with Crippen LogP contribution in [-0.2, 0) is 6.42 Å². The minimum Gasteiger partial charge on any atom is -0.370 e. The molecule has 90 valence electrons. The Hall–Kier alpha value is -0.830. The first-order chi connectivity index (χ1) is 7.61. The number of anilines is 1. The van der Waals surface area contributed by atoms with E-state index in [2.05, 4.69) is 36.1 Å². The van der Waals surface area contributed by atoms with E-state index in [1.807, 2.05) is 6.07 Å². The molecule has 1 aromatic heterocycles. The summed E-state index contributed by atoms with van der Waals surface area (Å²) in [6.45, 7) is 7.47. The van der Waals surface area contributed by atoms with Crippen LogP contribution in [0.4, 0.5) is 5.82 Å². The Morgan fingerprint density at radius 1 is 1.38 bits per heavy atom. The van der Waals surface area contributed by atoms with Gasteiger partial charge >= 0.3 is 0 Å². The number of halogens is 1. The molecule has 0 atom stereocenters. The van der Waals surface area contributed by atoms with Gasteiger partial charge in [-0.2, -0.15) is 0 Å². The van der Waals surface area contributed by atoms with Crippen LogP contribution in [0.25, 0.3) is 0 Å². The molecule has 1 heterocycles. The molecule has 0 aromatic carbocycles. The van der Waals surface area contributed by atoms with Crippen molar-refractivity contribution in [1.82, 2.24) is 9.97 Å². The first-order valence-electron chi connectivity index (χ1n) is 5.89. The second kappa shape index (κ2) is 6.69. The maximum absolute atomic E-state index is 5.86. The van der Waals surface area contributed by atoms with E-state index < -0.39 is 0 Å². The van der Waals surface area contributed by atoms with Gasteiger partial charge in [0, 0.05) is 18.3 Å². The molecule has 4 heteroatoms. The van der Waals surface area contributed by atoms with Crippen molar-refractivity contribution < 1.29 is 0 Å². The molecule has 0 unspecified atom stereocenters. The normalized spacial score (nSPS) is 10.8. The SMILES string of the molecule is CCCc1cc(NCCC(C)C)nc(Cl)n1. The van der Waals surface area contributed by atoms with Gasteiger partial charge in [-0.05, 0) is 30.4 Å². The van der Waals surface area contributed by atoms with Crippen LogP contribution in [0, 0.1) is 5.92 Å². The van der Waals surface area contributed by atoms with E-state index in [-0.39, 0.29) is 0 Å². The predicted molar refractivity (Wildman–Crippen MR) is 69.0 cm³/mol. The summed E-state index contributed by atoms with van der Waals surface area (Å²) in [5.74, 6) is 1.53. The van der Waals surface area contributed by atoms with Gasteiger partial charge in [0.05, 0.1) is 0 Å². The van der Waals surface area contributed by atoms with E-state index >= 15 is 0 Å². The Morgan fingerprint density at radius 3 is 2.75 bits per heavy atom. The van der Waals surface area contributed by atoms with E-state index in [1.165, 1.54) is 0 Å². The van der Waals surface area contributed by atoms with E-state index in [9.17, 15) is 0 Å². The largest absolute Gasteiger partial charge is 0.370 e. The van der Waals surface area contributed by atoms with Crippen LogP contribution in [0.2, 0.25) is 5.28 Å². The Morgan fingerprint density at radius 2 is 2.12 bits per heavy atom. The molecule has 0 saturated carbocycles. The minimum absolute atomic E-state index is 0.331. The van der Waals surface area contributed by atoms with E-state index in [1.54, 1.807) is 0 Å². The summed E-state index contributed by atoms with van der Waals surface area (Å²) in [7, 11) is 0. The zero-order valence-corrected chi connectivity index (χ0v) is 11.0. The van der Waals surface area contributed by atoms with Crippen LogP contribution in [-0.4, -0.2) is 16.5 Å². The number of hydrogen-bond donors (Lipinski definition) is 1. The highest BCUT2D eigenvalue weighted by Crippen LogP contribution is 2.12. The Kier molecular flexibility index (Phi) is 5.53. The quantitative estimate of drug-likeness (QED) is 0.775. The van der Waals surface area contributed by atoms with Gasteiger partial charge in [-0.25, -0.2) is 9.97 Å². The second-order valence-corrected chi connectivity index (χ2v) is 4.71. The first kappa shape index (κ1) is 13.2. The van der Waals surface area contributed by atoms with Gasteiger partial charge in [0.15, 0.2) is 0 Å². The molecule has 0 radical (unpaired) electrons. The third kappa shape index (κ3) is 4.79. The van der Waals surface area contributed by atoms with Gasteiger partial charge in [-0.3, -0.25) is 0 Å². The smallest absolute Gasteiger partial charge is 0.224 e. The molecule has 0 aliphatic carbocycles. The summed E-state index contributed by atoms with van der Waals surface area (Å²) in [5.41, 5.74) is 1.01. The molecular weight excluding hydrogens is 222 g/mol. The van der Waals surface area contributed by atoms with Gasteiger partial charge in [0.25, 0.3) is 0 Å². The van der Waals surface area contributed by atoms with Crippen LogP contribution in [0.1, 0.15) is 39.3 Å². The highest BCUT2D eigenvalue weighted by Gasteiger charge is 2.02. The van der Waals surface area contributed by atoms with Crippen molar-refractivity contribution in [3.05, 3.63) is 17.0 Å². The second-order valence-electron chi connectivity index (χ2n) is 4.37. The molecule has 1 aromatic rings. The fourth-order valence-corrected chi connectivity index (χ4v) is 1.63. The molecule has 0 fully saturated rings. The van der Waals surface area contributed by atoms with Crippen molar-refractivity contribution in [2.24, 2.45) is 5.92 Å². The van der Waals surface area contributed by atoms with E-state index in [0.717, 1.165) is 37.3 Å². The maximum Gasteiger partial charge on any atom is 0.224 e. The Bertz CT molecular complexity index is 326. The molecule has 3 nitrogen and oxygen atoms in total. The lowest BCUT2D eigenvalue weighted by Gasteiger charge is -2.08. The molecule has 1 rings (SSSR count). The topological polar surface area (TPSA) is 37.8 Å². The number of nitrogens with one attached hydrogen (secondary N) is 1. The lowest BCUT2D eigenvalue weighted by atomic mass is 10.1. The Labute approximate surface area is 103 Å². The number of aryl methyl sites for hydroxylation is 1. The molecule has 16 heavy (non-hydrogen) atoms. The summed E-state index contributed by atoms with van der Waals surface area (Å²) in [6.07, 6.45) is 3.14. The molecule has 0 aliphatic heterocycles. The number of hydrogen-bond acceptors (Lipinski definition) is 3. The van der Waals surface area contributed by atoms with Gasteiger partial charge in [-0.15, -0.1) is 0 Å². The van der Waals surface area contributed by atoms with Gasteiger partial charge < -0.3 is 5.32 Å². The monoisotopic (exact) mass is 241 g/mol. The Balaban J connectivity index is 2.58. The third-order valence-electron chi connectivity index (χ3n) is 2.29. The van der Waals surface area contributed by atoms with E-state index in [4.69, 9.17) is 11.6 Å². The zero-order valence-electron chi connectivity index (χ0n) is 10.3. The average molecular weight is 242 g/mol. The summed E-state index contributed by atoms with van der Waals surface area (Å²) in [4.78, 5) is 8.34. The number of rotatable bonds is 6. The van der Waals surface area contributed by atoms with Crippen molar-refractivity contribution in [3.63, 3.8) is 0 Å². The van der Waals surface area contributed by atoms with Crippen molar-refractivity contribution in [3.8, 4) is 0 Å². The van der Waals surface area contributed by atoms with Crippen LogP contribution in [0.15, 0.2) is 6.07 Å². The van der Waals surface area contributed by atoms with E-state index in [0.29, 0.717) is 11.2 Å². The van der Waals surface area contributed by atoms with Crippen LogP contribution in [0.5, 0.6) is 0 Å². The standard InChI is InChI=1S/C12H20ClN3/c1-4-5-10-8-11(16-12(13)15-10)14-7-6-9(2)3/h8-9H,4-7H2,1-3H3,(H,14,15,16). The summed E-state index contributed by atoms with van der Waals surface area (Å²) in [5, 5.41) is 3.61. The van der Waals surface area contributed by atoms with Crippen molar-refractivity contribution in [2.45, 2.75) is 40.0 Å². The molecule has 0 aliphatic rings. The molecule has 0 saturated heterocycles. The summed E-state index contributed by atoms with van der Waals surface area (Å²) >= 11 is 5.86. The fourth-order valence-electron chi connectivity index (χ4n) is 1.43. The lowest BCUT2D eigenvalue weighted by Crippen LogP contribution is -2.07. The van der Waals surface area contributed by atoms with Gasteiger partial charge in [0.2, 0.25) is 5.28 Å². The van der Waals surface area contributed by atoms with Crippen LogP contribution in [0.3, 0.4) is 0 Å². The average Bonchev–Trinajstić information content (AvgIpc) is 2.16. The molecule has 0 bridgehead atoms. The molecule has 0 amide bonds. The van der Waals surface area contributed by atoms with Crippen LogP contribution < -0.4 is 5.32 Å². The third-order valence-corrected chi connectivity index (χ3v) is 2.45. The highest BCUT2D eigenvalue weighted by molar-refractivity contribution is 6.28. The zero-order chi connectivity index (χ0) is 12.0.